The van der Waals surface area contributed by atoms with E-state index in [9.17, 15) is 13.2 Å². The molecule has 0 saturated carbocycles. The van der Waals surface area contributed by atoms with Crippen LogP contribution in [0.5, 0.6) is 5.75 Å². The fraction of sp³-hybridized carbons (Fsp3) is 0.133. The molecule has 0 fully saturated rings. The number of carbonyl (C=O) groups excluding carboxylic acids is 1. The normalized spacial score (nSPS) is 10.9. The highest BCUT2D eigenvalue weighted by Crippen LogP contribution is 2.12. The highest BCUT2D eigenvalue weighted by atomic mass is 32.2. The molecular formula is C15H16N2O4S. The topological polar surface area (TPSA) is 98.5 Å². The molecule has 0 bridgehead atoms. The number of amides is 1. The van der Waals surface area contributed by atoms with Crippen LogP contribution in [0.15, 0.2) is 54.6 Å². The van der Waals surface area contributed by atoms with Crippen molar-refractivity contribution < 1.29 is 17.9 Å². The van der Waals surface area contributed by atoms with Crippen LogP contribution in [0.4, 0.5) is 5.69 Å². The molecule has 3 N–H and O–H groups in total. The number of benzene rings is 2. The average molecular weight is 320 g/mol. The molecule has 7 heteroatoms. The second kappa shape index (κ2) is 6.95. The molecule has 0 saturated heterocycles. The number of sulfonamides is 1. The van der Waals surface area contributed by atoms with E-state index >= 15 is 0 Å². The summed E-state index contributed by atoms with van der Waals surface area (Å²) in [4.78, 5) is 10.9. The summed E-state index contributed by atoms with van der Waals surface area (Å²) in [5.74, 6) is -0.131. The van der Waals surface area contributed by atoms with E-state index in [1.54, 1.807) is 12.1 Å². The van der Waals surface area contributed by atoms with Gasteiger partial charge in [-0.15, -0.1) is 0 Å². The maximum Gasteiger partial charge on any atom is 0.248 e. The second-order valence-electron chi connectivity index (χ2n) is 4.52. The van der Waals surface area contributed by atoms with Gasteiger partial charge in [0.15, 0.2) is 0 Å². The summed E-state index contributed by atoms with van der Waals surface area (Å²) in [6.07, 6.45) is 0. The first kappa shape index (κ1) is 15.8. The zero-order valence-electron chi connectivity index (χ0n) is 11.7. The van der Waals surface area contributed by atoms with Crippen LogP contribution in [-0.2, 0) is 10.0 Å². The number of primary amides is 1. The summed E-state index contributed by atoms with van der Waals surface area (Å²) in [6, 6.07) is 14.9. The molecule has 0 aliphatic rings. The Morgan fingerprint density at radius 3 is 2.27 bits per heavy atom. The number of hydrogen-bond acceptors (Lipinski definition) is 4. The minimum Gasteiger partial charge on any atom is -0.492 e. The molecule has 2 aromatic carbocycles. The van der Waals surface area contributed by atoms with E-state index < -0.39 is 15.9 Å². The van der Waals surface area contributed by atoms with E-state index in [-0.39, 0.29) is 12.4 Å². The zero-order valence-corrected chi connectivity index (χ0v) is 12.5. The zero-order chi connectivity index (χ0) is 16.0. The van der Waals surface area contributed by atoms with E-state index in [2.05, 4.69) is 4.72 Å². The van der Waals surface area contributed by atoms with Crippen LogP contribution in [0.3, 0.4) is 0 Å². The molecule has 116 valence electrons. The number of hydrogen-bond donors (Lipinski definition) is 2. The average Bonchev–Trinajstić information content (AvgIpc) is 2.48. The summed E-state index contributed by atoms with van der Waals surface area (Å²) >= 11 is 0. The standard InChI is InChI=1S/C15H16N2O4S/c16-15(18)12-6-8-13(9-7-12)17-22(19,20)11-10-21-14-4-2-1-3-5-14/h1-9,17H,10-11H2,(H2,16,18). The second-order valence-corrected chi connectivity index (χ2v) is 6.37. The quantitative estimate of drug-likeness (QED) is 0.809. The number of nitrogens with one attached hydrogen (secondary N) is 1. The summed E-state index contributed by atoms with van der Waals surface area (Å²) < 4.78 is 31.6. The first-order valence-corrected chi connectivity index (χ1v) is 8.20. The molecule has 0 radical (unpaired) electrons. The Hall–Kier alpha value is -2.54. The molecule has 0 aromatic heterocycles. The molecule has 0 spiro atoms. The number of nitrogens with two attached hydrogens (primary N) is 1. The molecule has 0 aliphatic heterocycles. The molecule has 6 nitrogen and oxygen atoms in total. The van der Waals surface area contributed by atoms with Crippen LogP contribution in [0, 0.1) is 0 Å². The number of ether oxygens (including phenoxy) is 1. The third-order valence-corrected chi connectivity index (χ3v) is 4.06. The largest absolute Gasteiger partial charge is 0.492 e. The lowest BCUT2D eigenvalue weighted by Crippen LogP contribution is -2.21. The van der Waals surface area contributed by atoms with E-state index in [0.29, 0.717) is 17.0 Å². The Kier molecular flexibility index (Phi) is 5.00. The Balaban J connectivity index is 1.89. The van der Waals surface area contributed by atoms with Crippen molar-refractivity contribution in [1.29, 1.82) is 0 Å². The van der Waals surface area contributed by atoms with Crippen molar-refractivity contribution >= 4 is 21.6 Å². The highest BCUT2D eigenvalue weighted by molar-refractivity contribution is 7.92. The van der Waals surface area contributed by atoms with Gasteiger partial charge >= 0.3 is 0 Å². The lowest BCUT2D eigenvalue weighted by molar-refractivity contribution is 0.100. The maximum atomic E-state index is 11.9. The predicted molar refractivity (Wildman–Crippen MR) is 84.3 cm³/mol. The molecule has 0 heterocycles. The third kappa shape index (κ3) is 4.78. The van der Waals surface area contributed by atoms with Crippen molar-refractivity contribution in [2.75, 3.05) is 17.1 Å². The van der Waals surface area contributed by atoms with Crippen LogP contribution in [0.2, 0.25) is 0 Å². The van der Waals surface area contributed by atoms with Gasteiger partial charge in [0.05, 0.1) is 0 Å². The fourth-order valence-electron chi connectivity index (χ4n) is 1.72. The van der Waals surface area contributed by atoms with Gasteiger partial charge in [-0.25, -0.2) is 8.42 Å². The summed E-state index contributed by atoms with van der Waals surface area (Å²) in [5, 5.41) is 0. The van der Waals surface area contributed by atoms with E-state index in [1.165, 1.54) is 24.3 Å². The van der Waals surface area contributed by atoms with Gasteiger partial charge in [-0.05, 0) is 36.4 Å². The van der Waals surface area contributed by atoms with Gasteiger partial charge in [0.25, 0.3) is 0 Å². The van der Waals surface area contributed by atoms with Crippen LogP contribution in [0.1, 0.15) is 10.4 Å². The molecule has 1 amide bonds. The Morgan fingerprint density at radius 1 is 1.05 bits per heavy atom. The molecule has 0 unspecified atom stereocenters. The monoisotopic (exact) mass is 320 g/mol. The molecule has 22 heavy (non-hydrogen) atoms. The van der Waals surface area contributed by atoms with Gasteiger partial charge < -0.3 is 10.5 Å². The molecule has 0 aliphatic carbocycles. The fourth-order valence-corrected chi connectivity index (χ4v) is 2.62. The van der Waals surface area contributed by atoms with Gasteiger partial charge in [0, 0.05) is 11.3 Å². The van der Waals surface area contributed by atoms with Crippen molar-refractivity contribution in [3.63, 3.8) is 0 Å². The molecular weight excluding hydrogens is 304 g/mol. The van der Waals surface area contributed by atoms with Gasteiger partial charge in [-0.1, -0.05) is 18.2 Å². The Bertz CT molecular complexity index is 728. The maximum absolute atomic E-state index is 11.9. The van der Waals surface area contributed by atoms with Gasteiger partial charge in [-0.3, -0.25) is 9.52 Å². The Labute approximate surface area is 129 Å². The Morgan fingerprint density at radius 2 is 1.68 bits per heavy atom. The van der Waals surface area contributed by atoms with Crippen LogP contribution >= 0.6 is 0 Å². The van der Waals surface area contributed by atoms with Crippen molar-refractivity contribution in [2.45, 2.75) is 0 Å². The van der Waals surface area contributed by atoms with Crippen LogP contribution in [0.25, 0.3) is 0 Å². The molecule has 0 atom stereocenters. The van der Waals surface area contributed by atoms with Crippen molar-refractivity contribution in [3.8, 4) is 5.75 Å². The third-order valence-electron chi connectivity index (χ3n) is 2.81. The van der Waals surface area contributed by atoms with E-state index in [4.69, 9.17) is 10.5 Å². The van der Waals surface area contributed by atoms with Gasteiger partial charge in [-0.2, -0.15) is 0 Å². The van der Waals surface area contributed by atoms with Crippen molar-refractivity contribution in [2.24, 2.45) is 5.73 Å². The number of para-hydroxylation sites is 1. The highest BCUT2D eigenvalue weighted by Gasteiger charge is 2.11. The summed E-state index contributed by atoms with van der Waals surface area (Å²) in [7, 11) is -3.53. The summed E-state index contributed by atoms with van der Waals surface area (Å²) in [5.41, 5.74) is 5.80. The lowest BCUT2D eigenvalue weighted by atomic mass is 10.2. The molecule has 2 aromatic rings. The lowest BCUT2D eigenvalue weighted by Gasteiger charge is -2.09. The van der Waals surface area contributed by atoms with Crippen molar-refractivity contribution in [3.05, 3.63) is 60.2 Å². The number of rotatable bonds is 7. The SMILES string of the molecule is NC(=O)c1ccc(NS(=O)(=O)CCOc2ccccc2)cc1. The minimum absolute atomic E-state index is 0.0404. The molecule has 2 rings (SSSR count). The predicted octanol–water partition coefficient (Wildman–Crippen LogP) is 1.61. The first-order chi connectivity index (χ1) is 10.5. The van der Waals surface area contributed by atoms with E-state index in [1.807, 2.05) is 18.2 Å². The van der Waals surface area contributed by atoms with Gasteiger partial charge in [0.1, 0.15) is 18.1 Å². The van der Waals surface area contributed by atoms with Crippen LogP contribution < -0.4 is 15.2 Å². The van der Waals surface area contributed by atoms with E-state index in [0.717, 1.165) is 0 Å². The van der Waals surface area contributed by atoms with Crippen LogP contribution in [-0.4, -0.2) is 26.7 Å². The number of anilines is 1. The smallest absolute Gasteiger partial charge is 0.248 e. The minimum atomic E-state index is -3.53. The van der Waals surface area contributed by atoms with Crippen molar-refractivity contribution in [1.82, 2.24) is 0 Å². The van der Waals surface area contributed by atoms with Gasteiger partial charge in [0.2, 0.25) is 15.9 Å². The summed E-state index contributed by atoms with van der Waals surface area (Å²) in [6.45, 7) is 0.0404. The first-order valence-electron chi connectivity index (χ1n) is 6.54. The number of carbonyl (C=O) groups is 1.